The van der Waals surface area contributed by atoms with Crippen molar-refractivity contribution >= 4 is 20.2 Å². The van der Waals surface area contributed by atoms with Gasteiger partial charge in [0.05, 0.1) is 4.90 Å². The van der Waals surface area contributed by atoms with Gasteiger partial charge in [0.15, 0.2) is 0 Å². The number of rotatable bonds is 8. The van der Waals surface area contributed by atoms with Crippen molar-refractivity contribution in [2.45, 2.75) is 72.6 Å². The molecule has 42 heavy (non-hydrogen) atoms. The highest BCUT2D eigenvalue weighted by Crippen LogP contribution is 2.64. The molecule has 0 saturated carbocycles. The Kier molecular flexibility index (Phi) is 10.2. The second-order valence-corrected chi connectivity index (χ2v) is 11.0. The van der Waals surface area contributed by atoms with Gasteiger partial charge in [-0.15, -0.1) is 0 Å². The summed E-state index contributed by atoms with van der Waals surface area (Å²) in [6.45, 7) is 5.22. The fraction of sp³-hybridized carbons (Fsp3) is 0.647. The van der Waals surface area contributed by atoms with Crippen molar-refractivity contribution in [2.75, 3.05) is 0 Å². The van der Waals surface area contributed by atoms with Gasteiger partial charge in [-0.25, -0.2) is 0 Å². The molecule has 2 N–H and O–H groups in total. The zero-order valence-corrected chi connectivity index (χ0v) is 21.6. The molecule has 0 aromatic heterocycles. The molecule has 25 heteroatoms. The number of alkyl halides is 17. The van der Waals surface area contributed by atoms with E-state index in [0.717, 1.165) is 5.56 Å². The fourth-order valence-electron chi connectivity index (χ4n) is 2.89. The number of halogens is 17. The summed E-state index contributed by atoms with van der Waals surface area (Å²) in [6.07, 6.45) is -7.88. The van der Waals surface area contributed by atoms with Gasteiger partial charge in [-0.1, -0.05) is 17.7 Å². The van der Waals surface area contributed by atoms with Crippen LogP contribution in [-0.2, 0) is 20.2 Å². The van der Waals surface area contributed by atoms with Crippen LogP contribution in [0.2, 0.25) is 0 Å². The first-order valence-corrected chi connectivity index (χ1v) is 12.4. The molecule has 0 aliphatic heterocycles. The fourth-order valence-corrected chi connectivity index (χ4v) is 4.27. The minimum atomic E-state index is -8.89. The van der Waals surface area contributed by atoms with Crippen molar-refractivity contribution in [2.24, 2.45) is 0 Å². The molecule has 0 bridgehead atoms. The largest absolute Gasteiger partial charge is 0.460 e. The Bertz CT molecular complexity index is 1360. The molecule has 1 aromatic carbocycles. The van der Waals surface area contributed by atoms with Crippen LogP contribution < -0.4 is 0 Å². The normalized spacial score (nSPS) is 15.3. The van der Waals surface area contributed by atoms with Crippen LogP contribution in [0.15, 0.2) is 17.0 Å². The lowest BCUT2D eigenvalue weighted by Gasteiger charge is -2.42. The first-order chi connectivity index (χ1) is 17.8. The van der Waals surface area contributed by atoms with E-state index in [9.17, 15) is 91.5 Å². The maximum atomic E-state index is 13.0. The summed E-state index contributed by atoms with van der Waals surface area (Å²) < 4.78 is 273. The number of benzene rings is 1. The van der Waals surface area contributed by atoms with Crippen molar-refractivity contribution in [3.05, 3.63) is 28.8 Å². The zero-order valence-electron chi connectivity index (χ0n) is 19.9. The Balaban J connectivity index is 0.00000107. The van der Waals surface area contributed by atoms with Crippen LogP contribution in [0.5, 0.6) is 0 Å². The van der Waals surface area contributed by atoms with Crippen LogP contribution in [0.1, 0.15) is 16.7 Å². The van der Waals surface area contributed by atoms with E-state index < -0.39 is 67.2 Å². The molecule has 0 amide bonds. The number of hydrogen-bond donors (Lipinski definition) is 2. The molecular formula is C17H13F17O6S2. The Morgan fingerprint density at radius 3 is 1.00 bits per heavy atom. The highest BCUT2D eigenvalue weighted by atomic mass is 32.2. The quantitative estimate of drug-likeness (QED) is 0.231. The molecule has 0 aliphatic rings. The topological polar surface area (TPSA) is 109 Å². The van der Waals surface area contributed by atoms with E-state index in [1.54, 1.807) is 26.0 Å². The highest BCUT2D eigenvalue weighted by Gasteiger charge is 2.96. The van der Waals surface area contributed by atoms with Crippen LogP contribution in [0.25, 0.3) is 0 Å². The summed E-state index contributed by atoms with van der Waals surface area (Å²) in [5, 5.41) is -7.84. The van der Waals surface area contributed by atoms with Gasteiger partial charge in [0, 0.05) is 0 Å². The van der Waals surface area contributed by atoms with E-state index in [-0.39, 0.29) is 4.90 Å². The average Bonchev–Trinajstić information content (AvgIpc) is 2.69. The second-order valence-electron chi connectivity index (χ2n) is 8.14. The lowest BCUT2D eigenvalue weighted by Crippen LogP contribution is -2.74. The Hall–Kier alpha value is -2.15. The van der Waals surface area contributed by atoms with Gasteiger partial charge in [0.2, 0.25) is 0 Å². The molecule has 0 heterocycles. The first-order valence-electron chi connectivity index (χ1n) is 9.56. The summed E-state index contributed by atoms with van der Waals surface area (Å²) in [4.78, 5) is 0.0260. The van der Waals surface area contributed by atoms with Gasteiger partial charge in [-0.3, -0.25) is 9.11 Å². The predicted octanol–water partition coefficient (Wildman–Crippen LogP) is 6.70. The van der Waals surface area contributed by atoms with Crippen molar-refractivity contribution in [1.82, 2.24) is 0 Å². The molecule has 0 saturated heterocycles. The minimum Gasteiger partial charge on any atom is -0.282 e. The van der Waals surface area contributed by atoms with Crippen molar-refractivity contribution in [3.8, 4) is 0 Å². The van der Waals surface area contributed by atoms with Gasteiger partial charge in [-0.2, -0.15) is 91.5 Å². The second kappa shape index (κ2) is 10.8. The predicted molar refractivity (Wildman–Crippen MR) is 103 cm³/mol. The molecule has 0 atom stereocenters. The maximum absolute atomic E-state index is 13.0. The molecular weight excluding hydrogens is 687 g/mol. The van der Waals surface area contributed by atoms with Crippen LogP contribution in [0.3, 0.4) is 0 Å². The summed E-state index contributed by atoms with van der Waals surface area (Å²) >= 11 is 0. The Labute approximate surface area is 223 Å². The minimum absolute atomic E-state index is 0.0260. The number of aryl methyl sites for hydroxylation is 3. The lowest BCUT2D eigenvalue weighted by molar-refractivity contribution is -0.458. The van der Waals surface area contributed by atoms with E-state index in [4.69, 9.17) is 9.11 Å². The zero-order chi connectivity index (χ0) is 34.7. The standard InChI is InChI=1S/C9H12O3S.C8HF17O3S/c1-6-4-7(2)9(8(3)5-6)13(10,11)12;9-1(10,3(13,14)5(17,18)7(21,22)23)2(11,12)4(15,16)6(19,20)8(24,25)29(26,27)28/h4-5H,1-3H3,(H,10,11,12);(H,26,27,28). The van der Waals surface area contributed by atoms with Gasteiger partial charge in [-0.05, 0) is 31.9 Å². The van der Waals surface area contributed by atoms with Gasteiger partial charge in [0.25, 0.3) is 10.1 Å². The molecule has 248 valence electrons. The molecule has 0 fully saturated rings. The van der Waals surface area contributed by atoms with Crippen LogP contribution in [0.4, 0.5) is 74.6 Å². The van der Waals surface area contributed by atoms with Crippen molar-refractivity contribution in [3.63, 3.8) is 0 Å². The molecule has 6 nitrogen and oxygen atoms in total. The summed E-state index contributed by atoms with van der Waals surface area (Å²) in [5.41, 5.74) is 2.16. The summed E-state index contributed by atoms with van der Waals surface area (Å²) in [7, 11) is -12.0. The maximum Gasteiger partial charge on any atom is 0.460 e. The SMILES string of the molecule is Cc1cc(C)c(S(=O)(=O)O)c(C)c1.O=S(=O)(O)C(F)(F)C(F)(F)C(F)(F)C(F)(F)C(F)(F)C(F)(F)C(F)(F)C(F)(F)F. The van der Waals surface area contributed by atoms with E-state index in [1.165, 1.54) is 0 Å². The first kappa shape index (κ1) is 39.8. The molecule has 0 aliphatic carbocycles. The van der Waals surface area contributed by atoms with E-state index >= 15 is 0 Å². The smallest absolute Gasteiger partial charge is 0.282 e. The van der Waals surface area contributed by atoms with Gasteiger partial charge >= 0.3 is 57.1 Å². The molecule has 1 rings (SSSR count). The van der Waals surface area contributed by atoms with Crippen LogP contribution in [-0.4, -0.2) is 72.9 Å². The Morgan fingerprint density at radius 2 is 0.762 bits per heavy atom. The third kappa shape index (κ3) is 6.09. The van der Waals surface area contributed by atoms with Crippen molar-refractivity contribution < 1.29 is 101 Å². The molecule has 0 spiro atoms. The monoisotopic (exact) mass is 700 g/mol. The number of hydrogen-bond acceptors (Lipinski definition) is 4. The molecule has 0 radical (unpaired) electrons. The van der Waals surface area contributed by atoms with E-state index in [1.807, 2.05) is 6.92 Å². The summed E-state index contributed by atoms with van der Waals surface area (Å²) in [6, 6.07) is 3.46. The van der Waals surface area contributed by atoms with Crippen molar-refractivity contribution in [1.29, 1.82) is 0 Å². The summed E-state index contributed by atoms with van der Waals surface area (Å²) in [5.74, 6) is -52.0. The Morgan fingerprint density at radius 1 is 0.500 bits per heavy atom. The van der Waals surface area contributed by atoms with E-state index in [2.05, 4.69) is 0 Å². The molecule has 0 unspecified atom stereocenters. The van der Waals surface area contributed by atoms with Gasteiger partial charge < -0.3 is 0 Å². The molecule has 1 aromatic rings. The van der Waals surface area contributed by atoms with Gasteiger partial charge in [0.1, 0.15) is 0 Å². The van der Waals surface area contributed by atoms with E-state index in [0.29, 0.717) is 11.1 Å². The average molecular weight is 700 g/mol. The van der Waals surface area contributed by atoms with Crippen LogP contribution in [0, 0.1) is 20.8 Å². The third-order valence-electron chi connectivity index (χ3n) is 4.88. The third-order valence-corrected chi connectivity index (χ3v) is 6.94. The van der Waals surface area contributed by atoms with Crippen LogP contribution >= 0.6 is 0 Å². The lowest BCUT2D eigenvalue weighted by atomic mass is 9.91. The highest BCUT2D eigenvalue weighted by molar-refractivity contribution is 7.87.